The van der Waals surface area contributed by atoms with Crippen molar-refractivity contribution in [2.75, 3.05) is 19.8 Å². The first-order chi connectivity index (χ1) is 8.24. The van der Waals surface area contributed by atoms with E-state index in [9.17, 15) is 5.02 Å². The highest BCUT2D eigenvalue weighted by Crippen LogP contribution is 2.35. The number of ether oxygens (including phenoxy) is 2. The Hall–Kier alpha value is -1.20. The Balaban J connectivity index is 1.92. The molecule has 90 valence electrons. The smallest absolute Gasteiger partial charge is 0.376 e. The van der Waals surface area contributed by atoms with Gasteiger partial charge in [-0.15, -0.1) is 0 Å². The van der Waals surface area contributed by atoms with Crippen LogP contribution in [0.3, 0.4) is 0 Å². The number of benzene rings is 1. The van der Waals surface area contributed by atoms with Crippen LogP contribution in [0.1, 0.15) is 11.1 Å². The minimum Gasteiger partial charge on any atom is -0.486 e. The molecule has 2 aliphatic rings. The summed E-state index contributed by atoms with van der Waals surface area (Å²) in [6, 6.07) is 4.14. The molecule has 2 heterocycles. The first kappa shape index (κ1) is 10.9. The SMILES string of the molecule is CB(O)N1CCc2cc3c(cc2C1)OCCO3. The Kier molecular flexibility index (Phi) is 2.72. The van der Waals surface area contributed by atoms with Gasteiger partial charge in [0.2, 0.25) is 0 Å². The molecule has 0 fully saturated rings. The number of rotatable bonds is 1. The van der Waals surface area contributed by atoms with Crippen LogP contribution >= 0.6 is 0 Å². The fourth-order valence-corrected chi connectivity index (χ4v) is 2.43. The second-order valence-electron chi connectivity index (χ2n) is 4.62. The summed E-state index contributed by atoms with van der Waals surface area (Å²) < 4.78 is 11.2. The normalized spacial score (nSPS) is 18.7. The molecule has 0 atom stereocenters. The molecule has 0 spiro atoms. The minimum atomic E-state index is -0.392. The maximum absolute atomic E-state index is 9.61. The van der Waals surface area contributed by atoms with E-state index in [1.807, 2.05) is 6.82 Å². The Bertz CT molecular complexity index is 436. The lowest BCUT2D eigenvalue weighted by molar-refractivity contribution is 0.170. The quantitative estimate of drug-likeness (QED) is 0.732. The Morgan fingerprint density at radius 1 is 1.18 bits per heavy atom. The van der Waals surface area contributed by atoms with E-state index >= 15 is 0 Å². The van der Waals surface area contributed by atoms with Crippen molar-refractivity contribution < 1.29 is 14.5 Å². The van der Waals surface area contributed by atoms with Gasteiger partial charge in [0.15, 0.2) is 11.5 Å². The van der Waals surface area contributed by atoms with Gasteiger partial charge in [-0.2, -0.15) is 0 Å². The fourth-order valence-electron chi connectivity index (χ4n) is 2.43. The maximum Gasteiger partial charge on any atom is 0.376 e. The van der Waals surface area contributed by atoms with E-state index in [4.69, 9.17) is 9.47 Å². The molecule has 4 nitrogen and oxygen atoms in total. The van der Waals surface area contributed by atoms with E-state index in [1.54, 1.807) is 0 Å². The van der Waals surface area contributed by atoms with Crippen molar-refractivity contribution in [2.24, 2.45) is 0 Å². The molecule has 0 aromatic heterocycles. The molecule has 3 rings (SSSR count). The van der Waals surface area contributed by atoms with Gasteiger partial charge in [0.1, 0.15) is 13.2 Å². The zero-order valence-corrected chi connectivity index (χ0v) is 9.98. The van der Waals surface area contributed by atoms with Crippen LogP contribution in [0, 0.1) is 0 Å². The largest absolute Gasteiger partial charge is 0.486 e. The van der Waals surface area contributed by atoms with Gasteiger partial charge in [0.25, 0.3) is 0 Å². The summed E-state index contributed by atoms with van der Waals surface area (Å²) in [6.07, 6.45) is 0.955. The second kappa shape index (κ2) is 4.24. The zero-order valence-electron chi connectivity index (χ0n) is 9.98. The van der Waals surface area contributed by atoms with Gasteiger partial charge >= 0.3 is 7.05 Å². The summed E-state index contributed by atoms with van der Waals surface area (Å²) in [5.74, 6) is 1.70. The monoisotopic (exact) mass is 233 g/mol. The van der Waals surface area contributed by atoms with Crippen molar-refractivity contribution >= 4 is 7.05 Å². The molecular weight excluding hydrogens is 217 g/mol. The van der Waals surface area contributed by atoms with Gasteiger partial charge < -0.3 is 19.3 Å². The average Bonchev–Trinajstić information content (AvgIpc) is 2.35. The number of fused-ring (bicyclic) bond motifs is 2. The molecule has 1 N–H and O–H groups in total. The van der Waals surface area contributed by atoms with Crippen molar-refractivity contribution in [1.29, 1.82) is 0 Å². The molecular formula is C12H16BNO3. The predicted octanol–water partition coefficient (Wildman–Crippen LogP) is 0.926. The highest BCUT2D eigenvalue weighted by molar-refractivity contribution is 6.45. The van der Waals surface area contributed by atoms with Crippen LogP contribution in [0.25, 0.3) is 0 Å². The molecule has 0 unspecified atom stereocenters. The highest BCUT2D eigenvalue weighted by atomic mass is 16.6. The molecule has 0 saturated carbocycles. The molecule has 0 bridgehead atoms. The first-order valence-electron chi connectivity index (χ1n) is 6.07. The van der Waals surface area contributed by atoms with Gasteiger partial charge in [-0.05, 0) is 43.0 Å². The molecule has 17 heavy (non-hydrogen) atoms. The molecule has 5 heteroatoms. The Morgan fingerprint density at radius 2 is 1.82 bits per heavy atom. The Labute approximate surface area is 101 Å². The van der Waals surface area contributed by atoms with Crippen molar-refractivity contribution in [3.05, 3.63) is 23.3 Å². The molecule has 0 amide bonds. The van der Waals surface area contributed by atoms with Crippen LogP contribution in [0.4, 0.5) is 0 Å². The third-order valence-corrected chi connectivity index (χ3v) is 3.43. The van der Waals surface area contributed by atoms with Gasteiger partial charge in [-0.3, -0.25) is 0 Å². The summed E-state index contributed by atoms with van der Waals surface area (Å²) in [7, 11) is -0.392. The van der Waals surface area contributed by atoms with Crippen LogP contribution in [0.2, 0.25) is 6.82 Å². The molecule has 0 aliphatic carbocycles. The zero-order chi connectivity index (χ0) is 11.8. The molecule has 1 aromatic carbocycles. The fraction of sp³-hybridized carbons (Fsp3) is 0.500. The van der Waals surface area contributed by atoms with Gasteiger partial charge in [-0.25, -0.2) is 0 Å². The number of hydrogen-bond acceptors (Lipinski definition) is 4. The summed E-state index contributed by atoms with van der Waals surface area (Å²) in [5, 5.41) is 9.61. The van der Waals surface area contributed by atoms with Gasteiger partial charge in [0, 0.05) is 6.54 Å². The second-order valence-corrected chi connectivity index (χ2v) is 4.62. The predicted molar refractivity (Wildman–Crippen MR) is 65.4 cm³/mol. The molecule has 0 radical (unpaired) electrons. The standard InChI is InChI=1S/C12H16BNO3/c1-13(15)14-3-2-9-6-11-12(7-10(9)8-14)17-5-4-16-11/h6-7,15H,2-5,8H2,1H3. The van der Waals surface area contributed by atoms with Crippen LogP contribution in [0.15, 0.2) is 12.1 Å². The topological polar surface area (TPSA) is 41.9 Å². The molecule has 1 aromatic rings. The van der Waals surface area contributed by atoms with E-state index in [2.05, 4.69) is 16.9 Å². The third-order valence-electron chi connectivity index (χ3n) is 3.43. The van der Waals surface area contributed by atoms with Crippen molar-refractivity contribution in [3.63, 3.8) is 0 Å². The van der Waals surface area contributed by atoms with Crippen molar-refractivity contribution in [1.82, 2.24) is 4.81 Å². The average molecular weight is 233 g/mol. The lowest BCUT2D eigenvalue weighted by Gasteiger charge is -2.31. The van der Waals surface area contributed by atoms with Crippen LogP contribution in [0.5, 0.6) is 11.5 Å². The summed E-state index contributed by atoms with van der Waals surface area (Å²) in [5.41, 5.74) is 2.55. The first-order valence-corrected chi connectivity index (χ1v) is 6.07. The number of nitrogens with zero attached hydrogens (tertiary/aromatic N) is 1. The van der Waals surface area contributed by atoms with E-state index < -0.39 is 7.05 Å². The van der Waals surface area contributed by atoms with E-state index in [1.165, 1.54) is 11.1 Å². The molecule has 0 saturated heterocycles. The van der Waals surface area contributed by atoms with Crippen LogP contribution in [-0.4, -0.2) is 36.6 Å². The molecule has 2 aliphatic heterocycles. The third kappa shape index (κ3) is 2.00. The van der Waals surface area contributed by atoms with Gasteiger partial charge in [-0.1, -0.05) is 0 Å². The minimum absolute atomic E-state index is 0.392. The van der Waals surface area contributed by atoms with E-state index in [0.717, 1.165) is 31.0 Å². The number of hydrogen-bond donors (Lipinski definition) is 1. The Morgan fingerprint density at radius 3 is 2.47 bits per heavy atom. The van der Waals surface area contributed by atoms with Gasteiger partial charge in [0.05, 0.1) is 0 Å². The highest BCUT2D eigenvalue weighted by Gasteiger charge is 2.24. The lowest BCUT2D eigenvalue weighted by Crippen LogP contribution is -2.40. The summed E-state index contributed by atoms with van der Waals surface area (Å²) >= 11 is 0. The van der Waals surface area contributed by atoms with E-state index in [-0.39, 0.29) is 0 Å². The van der Waals surface area contributed by atoms with Crippen LogP contribution < -0.4 is 9.47 Å². The summed E-state index contributed by atoms with van der Waals surface area (Å²) in [6.45, 7) is 4.73. The van der Waals surface area contributed by atoms with Crippen LogP contribution in [-0.2, 0) is 13.0 Å². The lowest BCUT2D eigenvalue weighted by atomic mass is 9.81. The van der Waals surface area contributed by atoms with Crippen molar-refractivity contribution in [3.8, 4) is 11.5 Å². The van der Waals surface area contributed by atoms with E-state index in [0.29, 0.717) is 13.2 Å². The summed E-state index contributed by atoms with van der Waals surface area (Å²) in [4.78, 5) is 2.05. The maximum atomic E-state index is 9.61. The van der Waals surface area contributed by atoms with Crippen molar-refractivity contribution in [2.45, 2.75) is 19.8 Å².